The fourth-order valence-corrected chi connectivity index (χ4v) is 2.34. The third kappa shape index (κ3) is 5.80. The van der Waals surface area contributed by atoms with Crippen molar-refractivity contribution in [3.63, 3.8) is 0 Å². The van der Waals surface area contributed by atoms with Crippen LogP contribution >= 0.6 is 12.2 Å². The lowest BCUT2D eigenvalue weighted by molar-refractivity contribution is 0.00304. The highest BCUT2D eigenvalue weighted by Crippen LogP contribution is 2.36. The standard InChI is InChI=1S/C13H25NOS/c1-13(2)8-6-11(7-9-13)15-10-4-3-5-12(14)16/h11H,3-10H2,1-2H3,(H2,14,16). The minimum absolute atomic E-state index is 0.498. The van der Waals surface area contributed by atoms with Gasteiger partial charge in [0.05, 0.1) is 11.1 Å². The van der Waals surface area contributed by atoms with Gasteiger partial charge in [-0.2, -0.15) is 0 Å². The quantitative estimate of drug-likeness (QED) is 0.573. The molecule has 0 saturated heterocycles. The van der Waals surface area contributed by atoms with Gasteiger partial charge in [0.1, 0.15) is 0 Å². The molecule has 2 N–H and O–H groups in total. The normalized spacial score (nSPS) is 20.9. The molecule has 1 fully saturated rings. The van der Waals surface area contributed by atoms with Crippen molar-refractivity contribution < 1.29 is 4.74 Å². The fraction of sp³-hybridized carbons (Fsp3) is 0.923. The van der Waals surface area contributed by atoms with Gasteiger partial charge in [0.25, 0.3) is 0 Å². The maximum Gasteiger partial charge on any atom is 0.0727 e. The van der Waals surface area contributed by atoms with Crippen molar-refractivity contribution in [1.29, 1.82) is 0 Å². The first kappa shape index (κ1) is 13.9. The molecule has 0 aromatic carbocycles. The molecular formula is C13H25NOS. The van der Waals surface area contributed by atoms with E-state index in [1.54, 1.807) is 0 Å². The summed E-state index contributed by atoms with van der Waals surface area (Å²) in [6.07, 6.45) is 8.54. The zero-order chi connectivity index (χ0) is 12.0. The van der Waals surface area contributed by atoms with Crippen molar-refractivity contribution in [2.24, 2.45) is 11.1 Å². The van der Waals surface area contributed by atoms with Crippen LogP contribution in [0.15, 0.2) is 0 Å². The first-order valence-corrected chi connectivity index (χ1v) is 6.80. The third-order valence-corrected chi connectivity index (χ3v) is 3.66. The summed E-state index contributed by atoms with van der Waals surface area (Å²) in [5.41, 5.74) is 5.97. The maximum atomic E-state index is 5.87. The smallest absolute Gasteiger partial charge is 0.0727 e. The van der Waals surface area contributed by atoms with Crippen molar-refractivity contribution in [2.45, 2.75) is 64.9 Å². The summed E-state index contributed by atoms with van der Waals surface area (Å²) < 4.78 is 5.87. The van der Waals surface area contributed by atoms with Crippen molar-refractivity contribution in [1.82, 2.24) is 0 Å². The Morgan fingerprint density at radius 1 is 1.31 bits per heavy atom. The molecule has 0 amide bonds. The molecule has 16 heavy (non-hydrogen) atoms. The number of hydrogen-bond donors (Lipinski definition) is 1. The van der Waals surface area contributed by atoms with E-state index in [0.29, 0.717) is 16.5 Å². The van der Waals surface area contributed by atoms with E-state index in [2.05, 4.69) is 13.8 Å². The van der Waals surface area contributed by atoms with Gasteiger partial charge in [-0.25, -0.2) is 0 Å². The Morgan fingerprint density at radius 3 is 2.50 bits per heavy atom. The predicted octanol–water partition coefficient (Wildman–Crippen LogP) is 3.43. The van der Waals surface area contributed by atoms with Gasteiger partial charge in [-0.15, -0.1) is 0 Å². The molecule has 94 valence electrons. The molecule has 3 heteroatoms. The van der Waals surface area contributed by atoms with E-state index >= 15 is 0 Å². The summed E-state index contributed by atoms with van der Waals surface area (Å²) in [5, 5.41) is 0. The van der Waals surface area contributed by atoms with Crippen LogP contribution in [-0.4, -0.2) is 17.7 Å². The largest absolute Gasteiger partial charge is 0.393 e. The van der Waals surface area contributed by atoms with E-state index in [-0.39, 0.29) is 0 Å². The highest BCUT2D eigenvalue weighted by molar-refractivity contribution is 7.80. The lowest BCUT2D eigenvalue weighted by Gasteiger charge is -2.34. The van der Waals surface area contributed by atoms with Gasteiger partial charge in [-0.1, -0.05) is 26.1 Å². The zero-order valence-corrected chi connectivity index (χ0v) is 11.4. The highest BCUT2D eigenvalue weighted by atomic mass is 32.1. The summed E-state index contributed by atoms with van der Waals surface area (Å²) in [6, 6.07) is 0. The van der Waals surface area contributed by atoms with Gasteiger partial charge in [-0.05, 0) is 50.4 Å². The Kier molecular flexibility index (Phi) is 5.70. The number of nitrogens with two attached hydrogens (primary N) is 1. The molecule has 0 aliphatic heterocycles. The first-order valence-electron chi connectivity index (χ1n) is 6.39. The second-order valence-corrected chi connectivity index (χ2v) is 6.18. The number of hydrogen-bond acceptors (Lipinski definition) is 2. The fourth-order valence-electron chi connectivity index (χ4n) is 2.19. The minimum atomic E-state index is 0.498. The maximum absolute atomic E-state index is 5.87. The Labute approximate surface area is 105 Å². The second kappa shape index (κ2) is 6.55. The summed E-state index contributed by atoms with van der Waals surface area (Å²) in [4.78, 5) is 0.624. The van der Waals surface area contributed by atoms with Crippen LogP contribution < -0.4 is 5.73 Å². The highest BCUT2D eigenvalue weighted by Gasteiger charge is 2.26. The van der Waals surface area contributed by atoms with Crippen LogP contribution in [0.1, 0.15) is 58.8 Å². The number of thiocarbonyl (C=S) groups is 1. The minimum Gasteiger partial charge on any atom is -0.393 e. The predicted molar refractivity (Wildman–Crippen MR) is 72.6 cm³/mol. The van der Waals surface area contributed by atoms with E-state index in [1.807, 2.05) is 0 Å². The van der Waals surface area contributed by atoms with Gasteiger partial charge < -0.3 is 10.5 Å². The molecule has 1 aliphatic rings. The monoisotopic (exact) mass is 243 g/mol. The molecule has 0 aromatic rings. The number of rotatable bonds is 6. The lowest BCUT2D eigenvalue weighted by atomic mass is 9.76. The molecule has 1 aliphatic carbocycles. The van der Waals surface area contributed by atoms with Gasteiger partial charge in [0.2, 0.25) is 0 Å². The average molecular weight is 243 g/mol. The van der Waals surface area contributed by atoms with Crippen LogP contribution in [0.5, 0.6) is 0 Å². The van der Waals surface area contributed by atoms with Crippen molar-refractivity contribution in [3.8, 4) is 0 Å². The lowest BCUT2D eigenvalue weighted by Crippen LogP contribution is -2.26. The van der Waals surface area contributed by atoms with Crippen LogP contribution in [0.2, 0.25) is 0 Å². The summed E-state index contributed by atoms with van der Waals surface area (Å²) in [7, 11) is 0. The molecule has 1 rings (SSSR count). The van der Waals surface area contributed by atoms with Crippen LogP contribution in [-0.2, 0) is 4.74 Å². The van der Waals surface area contributed by atoms with Crippen LogP contribution in [0.25, 0.3) is 0 Å². The molecule has 2 nitrogen and oxygen atoms in total. The van der Waals surface area contributed by atoms with Crippen LogP contribution in [0, 0.1) is 5.41 Å². The SMILES string of the molecule is CC1(C)CCC(OCCCCC(N)=S)CC1. The molecule has 0 bridgehead atoms. The summed E-state index contributed by atoms with van der Waals surface area (Å²) >= 11 is 4.83. The molecule has 0 atom stereocenters. The summed E-state index contributed by atoms with van der Waals surface area (Å²) in [5.74, 6) is 0. The van der Waals surface area contributed by atoms with E-state index < -0.39 is 0 Å². The van der Waals surface area contributed by atoms with Gasteiger partial charge in [-0.3, -0.25) is 0 Å². The number of ether oxygens (including phenoxy) is 1. The van der Waals surface area contributed by atoms with Gasteiger partial charge in [0, 0.05) is 6.61 Å². The molecule has 1 saturated carbocycles. The molecule has 0 spiro atoms. The Hall–Kier alpha value is -0.150. The molecule has 0 radical (unpaired) electrons. The molecule has 0 heterocycles. The Bertz CT molecular complexity index is 218. The summed E-state index contributed by atoms with van der Waals surface area (Å²) in [6.45, 7) is 5.57. The molecule has 0 unspecified atom stereocenters. The van der Waals surface area contributed by atoms with E-state index in [4.69, 9.17) is 22.7 Å². The van der Waals surface area contributed by atoms with Crippen molar-refractivity contribution >= 4 is 17.2 Å². The van der Waals surface area contributed by atoms with Crippen molar-refractivity contribution in [3.05, 3.63) is 0 Å². The second-order valence-electron chi connectivity index (χ2n) is 5.66. The van der Waals surface area contributed by atoms with Crippen molar-refractivity contribution in [2.75, 3.05) is 6.61 Å². The zero-order valence-electron chi connectivity index (χ0n) is 10.6. The van der Waals surface area contributed by atoms with Crippen LogP contribution in [0.3, 0.4) is 0 Å². The van der Waals surface area contributed by atoms with E-state index in [0.717, 1.165) is 25.9 Å². The number of unbranched alkanes of at least 4 members (excludes halogenated alkanes) is 1. The van der Waals surface area contributed by atoms with Gasteiger partial charge >= 0.3 is 0 Å². The van der Waals surface area contributed by atoms with Crippen LogP contribution in [0.4, 0.5) is 0 Å². The molecular weight excluding hydrogens is 218 g/mol. The Morgan fingerprint density at radius 2 is 1.94 bits per heavy atom. The Balaban J connectivity index is 2.00. The van der Waals surface area contributed by atoms with E-state index in [1.165, 1.54) is 25.7 Å². The third-order valence-electron chi connectivity index (χ3n) is 3.46. The molecule has 0 aromatic heterocycles. The topological polar surface area (TPSA) is 35.2 Å². The average Bonchev–Trinajstić information content (AvgIpc) is 2.19. The van der Waals surface area contributed by atoms with Gasteiger partial charge in [0.15, 0.2) is 0 Å². The van der Waals surface area contributed by atoms with E-state index in [9.17, 15) is 0 Å². The first-order chi connectivity index (χ1) is 7.49.